The van der Waals surface area contributed by atoms with Gasteiger partial charge in [0.1, 0.15) is 23.2 Å². The average Bonchev–Trinajstić information content (AvgIpc) is 3.23. The molecule has 3 aromatic heterocycles. The van der Waals surface area contributed by atoms with Crippen LogP contribution < -0.4 is 5.73 Å². The number of aryl methyl sites for hydroxylation is 1. The molecule has 3 heterocycles. The van der Waals surface area contributed by atoms with Gasteiger partial charge < -0.3 is 10.2 Å². The number of halogens is 1. The molecule has 0 aromatic carbocycles. The SMILES string of the molecule is C=C(Cl)c1ncoc1/C=C(\C)c1nc(C#N)c(N)nc1-c1ccn(C)n1. The number of nitrogens with two attached hydrogens (primary N) is 1. The minimum absolute atomic E-state index is 0.0342. The van der Waals surface area contributed by atoms with Gasteiger partial charge >= 0.3 is 0 Å². The first kappa shape index (κ1) is 17.4. The second-order valence-electron chi connectivity index (χ2n) is 5.44. The highest BCUT2D eigenvalue weighted by atomic mass is 35.5. The molecule has 3 aromatic rings. The maximum atomic E-state index is 9.23. The fraction of sp³-hybridized carbons (Fsp3) is 0.118. The third-order valence-corrected chi connectivity index (χ3v) is 3.74. The normalized spacial score (nSPS) is 11.4. The standard InChI is InChI=1S/C17H14ClN7O/c1-9(6-13-15(10(2)18)21-8-26-13)14-16(11-4-5-25(3)24-11)23-17(20)12(7-19)22-14/h4-6,8H,2H2,1,3H3,(H2,20,23)/b9-6+. The first-order chi connectivity index (χ1) is 12.4. The predicted octanol–water partition coefficient (Wildman–Crippen LogP) is 3.09. The molecule has 130 valence electrons. The van der Waals surface area contributed by atoms with Crippen molar-refractivity contribution in [3.05, 3.63) is 48.1 Å². The highest BCUT2D eigenvalue weighted by Gasteiger charge is 2.18. The summed E-state index contributed by atoms with van der Waals surface area (Å²) in [6.07, 6.45) is 4.75. The van der Waals surface area contributed by atoms with Crippen LogP contribution in [-0.2, 0) is 7.05 Å². The van der Waals surface area contributed by atoms with Gasteiger partial charge in [0.2, 0.25) is 0 Å². The van der Waals surface area contributed by atoms with Crippen molar-refractivity contribution >= 4 is 34.1 Å². The molecule has 9 heteroatoms. The summed E-state index contributed by atoms with van der Waals surface area (Å²) in [5.41, 5.74) is 8.47. The third-order valence-electron chi connectivity index (χ3n) is 3.56. The molecular formula is C17H14ClN7O. The molecule has 0 fully saturated rings. The second-order valence-corrected chi connectivity index (χ2v) is 5.89. The third kappa shape index (κ3) is 3.20. The van der Waals surface area contributed by atoms with Crippen molar-refractivity contribution in [1.82, 2.24) is 24.7 Å². The van der Waals surface area contributed by atoms with Gasteiger partial charge in [-0.05, 0) is 24.6 Å². The molecule has 0 saturated carbocycles. The van der Waals surface area contributed by atoms with E-state index in [-0.39, 0.29) is 16.5 Å². The Morgan fingerprint density at radius 1 is 1.42 bits per heavy atom. The van der Waals surface area contributed by atoms with E-state index in [4.69, 9.17) is 21.8 Å². The molecule has 0 aliphatic heterocycles. The van der Waals surface area contributed by atoms with Crippen LogP contribution >= 0.6 is 11.6 Å². The number of nitriles is 1. The van der Waals surface area contributed by atoms with Gasteiger partial charge in [-0.3, -0.25) is 4.68 Å². The number of hydrogen-bond donors (Lipinski definition) is 1. The Morgan fingerprint density at radius 2 is 2.19 bits per heavy atom. The van der Waals surface area contributed by atoms with Crippen LogP contribution in [0.15, 0.2) is 29.7 Å². The van der Waals surface area contributed by atoms with Gasteiger partial charge in [-0.2, -0.15) is 10.4 Å². The van der Waals surface area contributed by atoms with Gasteiger partial charge in [-0.15, -0.1) is 0 Å². The van der Waals surface area contributed by atoms with E-state index in [0.29, 0.717) is 34.1 Å². The molecular weight excluding hydrogens is 354 g/mol. The number of anilines is 1. The summed E-state index contributed by atoms with van der Waals surface area (Å²) < 4.78 is 7.00. The summed E-state index contributed by atoms with van der Waals surface area (Å²) in [5, 5.41) is 13.8. The van der Waals surface area contributed by atoms with Crippen LogP contribution in [-0.4, -0.2) is 24.7 Å². The molecule has 0 atom stereocenters. The van der Waals surface area contributed by atoms with Gasteiger partial charge in [-0.25, -0.2) is 15.0 Å². The highest BCUT2D eigenvalue weighted by molar-refractivity contribution is 6.48. The molecule has 0 aliphatic carbocycles. The Morgan fingerprint density at radius 3 is 2.81 bits per heavy atom. The lowest BCUT2D eigenvalue weighted by Gasteiger charge is -2.08. The molecule has 0 aliphatic rings. The van der Waals surface area contributed by atoms with E-state index in [1.165, 1.54) is 6.39 Å². The summed E-state index contributed by atoms with van der Waals surface area (Å²) in [6, 6.07) is 3.72. The summed E-state index contributed by atoms with van der Waals surface area (Å²) in [6.45, 7) is 5.46. The largest absolute Gasteiger partial charge is 0.443 e. The molecule has 8 nitrogen and oxygen atoms in total. The van der Waals surface area contributed by atoms with E-state index in [1.807, 2.05) is 6.07 Å². The number of rotatable bonds is 4. The van der Waals surface area contributed by atoms with Crippen LogP contribution in [0.5, 0.6) is 0 Å². The van der Waals surface area contributed by atoms with Crippen molar-refractivity contribution in [1.29, 1.82) is 5.26 Å². The Hall–Kier alpha value is -3.44. The lowest BCUT2D eigenvalue weighted by molar-refractivity contribution is 0.548. The second kappa shape index (κ2) is 6.82. The number of aromatic nitrogens is 5. The first-order valence-electron chi connectivity index (χ1n) is 7.45. The minimum atomic E-state index is 0.0342. The first-order valence-corrected chi connectivity index (χ1v) is 7.83. The van der Waals surface area contributed by atoms with E-state index < -0.39 is 0 Å². The number of oxazole rings is 1. The summed E-state index contributed by atoms with van der Waals surface area (Å²) in [7, 11) is 1.79. The maximum absolute atomic E-state index is 9.23. The van der Waals surface area contributed by atoms with Crippen molar-refractivity contribution < 1.29 is 4.42 Å². The average molecular weight is 368 g/mol. The molecule has 3 rings (SSSR count). The fourth-order valence-electron chi connectivity index (χ4n) is 2.35. The molecule has 0 spiro atoms. The van der Waals surface area contributed by atoms with E-state index in [2.05, 4.69) is 26.6 Å². The van der Waals surface area contributed by atoms with Crippen LogP contribution in [0.3, 0.4) is 0 Å². The Bertz CT molecular complexity index is 1070. The maximum Gasteiger partial charge on any atom is 0.183 e. The monoisotopic (exact) mass is 367 g/mol. The molecule has 0 saturated heterocycles. The highest BCUT2D eigenvalue weighted by Crippen LogP contribution is 2.29. The summed E-state index contributed by atoms with van der Waals surface area (Å²) in [4.78, 5) is 12.7. The Balaban J connectivity index is 2.19. The van der Waals surface area contributed by atoms with Crippen LogP contribution in [0.25, 0.3) is 28.1 Å². The van der Waals surface area contributed by atoms with E-state index >= 15 is 0 Å². The molecule has 0 bridgehead atoms. The van der Waals surface area contributed by atoms with Crippen LogP contribution in [0, 0.1) is 11.3 Å². The van der Waals surface area contributed by atoms with Crippen LogP contribution in [0.1, 0.15) is 29.8 Å². The lowest BCUT2D eigenvalue weighted by atomic mass is 10.1. The van der Waals surface area contributed by atoms with Crippen molar-refractivity contribution in [3.63, 3.8) is 0 Å². The number of nitrogens with zero attached hydrogens (tertiary/aromatic N) is 6. The van der Waals surface area contributed by atoms with Gasteiger partial charge in [0.25, 0.3) is 0 Å². The molecule has 2 N–H and O–H groups in total. The van der Waals surface area contributed by atoms with E-state index in [1.54, 1.807) is 37.0 Å². The van der Waals surface area contributed by atoms with Crippen molar-refractivity contribution in [3.8, 4) is 17.5 Å². The van der Waals surface area contributed by atoms with Crippen LogP contribution in [0.2, 0.25) is 0 Å². The quantitative estimate of drug-likeness (QED) is 0.752. The number of nitrogen functional groups attached to an aromatic ring is 1. The number of hydrogen-bond acceptors (Lipinski definition) is 7. The molecule has 0 amide bonds. The van der Waals surface area contributed by atoms with Gasteiger partial charge in [-0.1, -0.05) is 18.2 Å². The van der Waals surface area contributed by atoms with Gasteiger partial charge in [0.05, 0.1) is 10.7 Å². The van der Waals surface area contributed by atoms with E-state index in [9.17, 15) is 5.26 Å². The van der Waals surface area contributed by atoms with Crippen molar-refractivity contribution in [2.45, 2.75) is 6.92 Å². The Kier molecular flexibility index (Phi) is 4.56. The van der Waals surface area contributed by atoms with Gasteiger partial charge in [0, 0.05) is 13.2 Å². The van der Waals surface area contributed by atoms with E-state index in [0.717, 1.165) is 0 Å². The zero-order valence-electron chi connectivity index (χ0n) is 14.1. The number of allylic oxidation sites excluding steroid dienone is 1. The van der Waals surface area contributed by atoms with Crippen molar-refractivity contribution in [2.24, 2.45) is 7.05 Å². The zero-order chi connectivity index (χ0) is 18.8. The topological polar surface area (TPSA) is 119 Å². The minimum Gasteiger partial charge on any atom is -0.443 e. The zero-order valence-corrected chi connectivity index (χ0v) is 14.8. The molecule has 0 unspecified atom stereocenters. The predicted molar refractivity (Wildman–Crippen MR) is 98.3 cm³/mol. The fourth-order valence-corrected chi connectivity index (χ4v) is 2.49. The van der Waals surface area contributed by atoms with Crippen LogP contribution in [0.4, 0.5) is 5.82 Å². The Labute approximate surface area is 154 Å². The molecule has 0 radical (unpaired) electrons. The smallest absolute Gasteiger partial charge is 0.183 e. The van der Waals surface area contributed by atoms with Crippen molar-refractivity contribution in [2.75, 3.05) is 5.73 Å². The summed E-state index contributed by atoms with van der Waals surface area (Å²) >= 11 is 5.93. The van der Waals surface area contributed by atoms with Gasteiger partial charge in [0.15, 0.2) is 23.7 Å². The summed E-state index contributed by atoms with van der Waals surface area (Å²) in [5.74, 6) is 0.464. The lowest BCUT2D eigenvalue weighted by Crippen LogP contribution is -2.05. The molecule has 26 heavy (non-hydrogen) atoms.